The van der Waals surface area contributed by atoms with Crippen LogP contribution in [0.25, 0.3) is 11.4 Å². The summed E-state index contributed by atoms with van der Waals surface area (Å²) in [7, 11) is 2.00. The van der Waals surface area contributed by atoms with Crippen molar-refractivity contribution in [3.8, 4) is 0 Å². The number of nitrogens with one attached hydrogen (secondary N) is 1. The van der Waals surface area contributed by atoms with Crippen molar-refractivity contribution >= 4 is 40.5 Å². The third-order valence-corrected chi connectivity index (χ3v) is 5.30. The van der Waals surface area contributed by atoms with Crippen molar-refractivity contribution in [2.45, 2.75) is 12.5 Å². The molecule has 1 amide bonds. The van der Waals surface area contributed by atoms with Crippen LogP contribution in [0.5, 0.6) is 0 Å². The van der Waals surface area contributed by atoms with Crippen LogP contribution in [-0.4, -0.2) is 58.8 Å². The van der Waals surface area contributed by atoms with Crippen molar-refractivity contribution in [2.75, 3.05) is 26.7 Å². The highest BCUT2D eigenvalue weighted by Crippen LogP contribution is 2.30. The molecule has 1 aliphatic rings. The van der Waals surface area contributed by atoms with Crippen molar-refractivity contribution in [2.24, 2.45) is 5.73 Å². The number of hydrogen-bond acceptors (Lipinski definition) is 6. The van der Waals surface area contributed by atoms with E-state index < -0.39 is 0 Å². The smallest absolute Gasteiger partial charge is 0.242 e. The van der Waals surface area contributed by atoms with Gasteiger partial charge in [-0.2, -0.15) is 0 Å². The van der Waals surface area contributed by atoms with Gasteiger partial charge in [0.1, 0.15) is 6.54 Å². The van der Waals surface area contributed by atoms with Gasteiger partial charge in [0.05, 0.1) is 16.4 Å². The first-order valence-electron chi connectivity index (χ1n) is 9.15. The number of pyridine rings is 1. The van der Waals surface area contributed by atoms with E-state index in [1.807, 2.05) is 7.05 Å². The molecule has 1 aromatic heterocycles. The Morgan fingerprint density at radius 2 is 2.07 bits per heavy atom. The summed E-state index contributed by atoms with van der Waals surface area (Å²) in [6.45, 7) is 1.42. The highest BCUT2D eigenvalue weighted by Gasteiger charge is 2.24. The Labute approximate surface area is 179 Å². The van der Waals surface area contributed by atoms with Crippen molar-refractivity contribution in [1.82, 2.24) is 20.3 Å². The molecule has 2 aromatic rings. The van der Waals surface area contributed by atoms with Crippen LogP contribution in [0.3, 0.4) is 0 Å². The number of nitrogens with two attached hydrogens (primary N) is 1. The minimum absolute atomic E-state index is 0.0615. The van der Waals surface area contributed by atoms with Gasteiger partial charge in [0.25, 0.3) is 0 Å². The molecule has 7 nitrogen and oxygen atoms in total. The fourth-order valence-electron chi connectivity index (χ4n) is 3.30. The van der Waals surface area contributed by atoms with E-state index >= 15 is 0 Å². The lowest BCUT2D eigenvalue weighted by atomic mass is 10.1. The van der Waals surface area contributed by atoms with Crippen LogP contribution in [0.1, 0.15) is 17.5 Å². The number of halogens is 2. The number of carbonyl (C=O) groups excluding carboxylic acids is 1. The summed E-state index contributed by atoms with van der Waals surface area (Å²) < 4.78 is 0. The minimum atomic E-state index is -0.306. The molecular weight excluding hydrogens is 413 g/mol. The number of likely N-dealkylation sites (N-methyl/N-ethyl adjacent to an activating group) is 1. The maximum Gasteiger partial charge on any atom is 0.242 e. The van der Waals surface area contributed by atoms with Gasteiger partial charge in [-0.25, -0.2) is 5.06 Å². The molecule has 1 aromatic carbocycles. The van der Waals surface area contributed by atoms with Crippen LogP contribution >= 0.6 is 23.2 Å². The lowest BCUT2D eigenvalue weighted by Crippen LogP contribution is -2.42. The second-order valence-corrected chi connectivity index (χ2v) is 7.84. The molecule has 9 heteroatoms. The topological polar surface area (TPSA) is 94.7 Å². The summed E-state index contributed by atoms with van der Waals surface area (Å²) in [5.74, 6) is -0.306. The highest BCUT2D eigenvalue weighted by molar-refractivity contribution is 6.32. The van der Waals surface area contributed by atoms with Gasteiger partial charge in [-0.3, -0.25) is 15.0 Å². The molecule has 1 aliphatic heterocycles. The number of hydroxylamine groups is 2. The monoisotopic (exact) mass is 435 g/mol. The zero-order valence-electron chi connectivity index (χ0n) is 16.0. The number of amides is 1. The number of hydrogen-bond donors (Lipinski definition) is 3. The second-order valence-electron chi connectivity index (χ2n) is 7.00. The standard InChI is InChI=1S/C20H23Cl2N5O2/c1-26-9-7-15(11-26)25-18(28)12-27(29)20(16-6-8-24-10-17(16)22)19(23)13-2-4-14(21)5-3-13/h2-6,8,10,15,29H,7,9,11-12,23H2,1H3,(H,25,28)/b20-19-/t15-/m0/s1. The van der Waals surface area contributed by atoms with E-state index in [1.54, 1.807) is 36.5 Å². The van der Waals surface area contributed by atoms with E-state index in [0.29, 0.717) is 21.2 Å². The molecule has 3 rings (SSSR count). The van der Waals surface area contributed by atoms with Crippen LogP contribution in [0, 0.1) is 0 Å². The van der Waals surface area contributed by atoms with E-state index in [2.05, 4.69) is 15.2 Å². The summed E-state index contributed by atoms with van der Waals surface area (Å²) in [6.07, 6.45) is 3.87. The van der Waals surface area contributed by atoms with Gasteiger partial charge in [0.2, 0.25) is 5.91 Å². The van der Waals surface area contributed by atoms with Gasteiger partial charge in [0, 0.05) is 35.6 Å². The highest BCUT2D eigenvalue weighted by atomic mass is 35.5. The Balaban J connectivity index is 1.88. The SMILES string of the molecule is CN1CC[C@H](NC(=O)CN(O)/C(=C(\N)c2ccc(Cl)cc2)c2ccncc2Cl)C1. The third kappa shape index (κ3) is 5.39. The molecule has 1 fully saturated rings. The molecule has 1 atom stereocenters. The van der Waals surface area contributed by atoms with Gasteiger partial charge < -0.3 is 16.0 Å². The van der Waals surface area contributed by atoms with Crippen LogP contribution in [0.2, 0.25) is 10.0 Å². The first kappa shape index (κ1) is 21.4. The summed E-state index contributed by atoms with van der Waals surface area (Å²) in [5, 5.41) is 15.4. The van der Waals surface area contributed by atoms with Crippen LogP contribution < -0.4 is 11.1 Å². The predicted molar refractivity (Wildman–Crippen MR) is 114 cm³/mol. The number of carbonyl (C=O) groups is 1. The van der Waals surface area contributed by atoms with Gasteiger partial charge in [-0.05, 0) is 43.8 Å². The fraction of sp³-hybridized carbons (Fsp3) is 0.300. The molecule has 154 valence electrons. The Morgan fingerprint density at radius 3 is 2.69 bits per heavy atom. The molecule has 0 bridgehead atoms. The number of aromatic nitrogens is 1. The van der Waals surface area contributed by atoms with E-state index in [0.717, 1.165) is 24.6 Å². The van der Waals surface area contributed by atoms with Crippen molar-refractivity contribution in [1.29, 1.82) is 0 Å². The Morgan fingerprint density at radius 1 is 1.34 bits per heavy atom. The zero-order chi connectivity index (χ0) is 21.0. The summed E-state index contributed by atoms with van der Waals surface area (Å²) >= 11 is 12.3. The maximum absolute atomic E-state index is 12.5. The molecule has 1 saturated heterocycles. The third-order valence-electron chi connectivity index (χ3n) is 4.75. The van der Waals surface area contributed by atoms with Crippen LogP contribution in [0.15, 0.2) is 42.7 Å². The average Bonchev–Trinajstić information content (AvgIpc) is 3.08. The Hall–Kier alpha value is -2.32. The molecule has 2 heterocycles. The van der Waals surface area contributed by atoms with Crippen molar-refractivity contribution < 1.29 is 10.0 Å². The lowest BCUT2D eigenvalue weighted by molar-refractivity contribution is -0.129. The molecule has 0 saturated carbocycles. The Bertz CT molecular complexity index is 904. The predicted octanol–water partition coefficient (Wildman–Crippen LogP) is 2.68. The summed E-state index contributed by atoms with van der Waals surface area (Å²) in [4.78, 5) is 18.6. The van der Waals surface area contributed by atoms with Crippen molar-refractivity contribution in [3.05, 3.63) is 63.9 Å². The van der Waals surface area contributed by atoms with E-state index in [-0.39, 0.29) is 29.9 Å². The average molecular weight is 436 g/mol. The first-order chi connectivity index (χ1) is 13.8. The molecular formula is C20H23Cl2N5O2. The number of likely N-dealkylation sites (tertiary alicyclic amines) is 1. The van der Waals surface area contributed by atoms with Crippen LogP contribution in [-0.2, 0) is 4.79 Å². The van der Waals surface area contributed by atoms with Crippen molar-refractivity contribution in [3.63, 3.8) is 0 Å². The summed E-state index contributed by atoms with van der Waals surface area (Å²) in [6, 6.07) is 8.55. The zero-order valence-corrected chi connectivity index (χ0v) is 17.5. The second kappa shape index (κ2) is 9.45. The molecule has 0 unspecified atom stereocenters. The maximum atomic E-state index is 12.5. The molecule has 29 heavy (non-hydrogen) atoms. The molecule has 4 N–H and O–H groups in total. The number of nitrogens with zero attached hydrogens (tertiary/aromatic N) is 3. The number of rotatable bonds is 6. The van der Waals surface area contributed by atoms with Crippen LogP contribution in [0.4, 0.5) is 0 Å². The quantitative estimate of drug-likeness (QED) is 0.603. The summed E-state index contributed by atoms with van der Waals surface area (Å²) in [5.41, 5.74) is 7.94. The lowest BCUT2D eigenvalue weighted by Gasteiger charge is -2.24. The normalized spacial score (nSPS) is 17.7. The van der Waals surface area contributed by atoms with E-state index in [9.17, 15) is 10.0 Å². The largest absolute Gasteiger partial charge is 0.396 e. The molecule has 0 radical (unpaired) electrons. The fourth-order valence-corrected chi connectivity index (χ4v) is 3.63. The van der Waals surface area contributed by atoms with Gasteiger partial charge in [0.15, 0.2) is 0 Å². The van der Waals surface area contributed by atoms with Gasteiger partial charge in [-0.15, -0.1) is 0 Å². The minimum Gasteiger partial charge on any atom is -0.396 e. The Kier molecular flexibility index (Phi) is 6.97. The van der Waals surface area contributed by atoms with E-state index in [4.69, 9.17) is 28.9 Å². The molecule has 0 spiro atoms. The van der Waals surface area contributed by atoms with Gasteiger partial charge in [-0.1, -0.05) is 35.3 Å². The van der Waals surface area contributed by atoms with Gasteiger partial charge >= 0.3 is 0 Å². The molecule has 0 aliphatic carbocycles. The number of benzene rings is 1. The first-order valence-corrected chi connectivity index (χ1v) is 9.90. The van der Waals surface area contributed by atoms with E-state index in [1.165, 1.54) is 6.20 Å².